The van der Waals surface area contributed by atoms with Crippen LogP contribution < -0.4 is 10.6 Å². The summed E-state index contributed by atoms with van der Waals surface area (Å²) in [5.41, 5.74) is 2.16. The van der Waals surface area contributed by atoms with Crippen LogP contribution in [0.2, 0.25) is 0 Å². The van der Waals surface area contributed by atoms with E-state index < -0.39 is 0 Å². The summed E-state index contributed by atoms with van der Waals surface area (Å²) in [6.45, 7) is 1.81. The highest BCUT2D eigenvalue weighted by Crippen LogP contribution is 2.16. The van der Waals surface area contributed by atoms with E-state index in [1.54, 1.807) is 24.3 Å². The number of anilines is 2. The Morgan fingerprint density at radius 1 is 0.880 bits per heavy atom. The third-order valence-electron chi connectivity index (χ3n) is 4.26. The van der Waals surface area contributed by atoms with E-state index in [9.17, 15) is 9.59 Å². The van der Waals surface area contributed by atoms with Crippen molar-refractivity contribution in [3.05, 3.63) is 60.2 Å². The molecule has 130 valence electrons. The van der Waals surface area contributed by atoms with Gasteiger partial charge in [-0.2, -0.15) is 0 Å². The van der Waals surface area contributed by atoms with Crippen molar-refractivity contribution in [3.63, 3.8) is 0 Å². The SMILES string of the molecule is O=C(CNc1ccccc1)Nc1cccc(C(=O)N2CCCCC2)c1. The second-order valence-electron chi connectivity index (χ2n) is 6.20. The summed E-state index contributed by atoms with van der Waals surface area (Å²) in [7, 11) is 0. The van der Waals surface area contributed by atoms with E-state index in [1.165, 1.54) is 6.42 Å². The van der Waals surface area contributed by atoms with Gasteiger partial charge < -0.3 is 15.5 Å². The predicted octanol–water partition coefficient (Wildman–Crippen LogP) is 3.36. The van der Waals surface area contributed by atoms with Gasteiger partial charge in [-0.3, -0.25) is 9.59 Å². The first-order chi connectivity index (χ1) is 12.2. The maximum atomic E-state index is 12.5. The summed E-state index contributed by atoms with van der Waals surface area (Å²) in [5, 5.41) is 5.90. The molecule has 2 aromatic rings. The Kier molecular flexibility index (Phi) is 5.67. The van der Waals surface area contributed by atoms with Gasteiger partial charge in [0.1, 0.15) is 0 Å². The Labute approximate surface area is 148 Å². The quantitative estimate of drug-likeness (QED) is 0.879. The van der Waals surface area contributed by atoms with Crippen LogP contribution in [0.1, 0.15) is 29.6 Å². The first-order valence-corrected chi connectivity index (χ1v) is 8.70. The Bertz CT molecular complexity index is 725. The fourth-order valence-corrected chi connectivity index (χ4v) is 2.95. The van der Waals surface area contributed by atoms with Gasteiger partial charge in [0.05, 0.1) is 6.54 Å². The average molecular weight is 337 g/mol. The number of carbonyl (C=O) groups excluding carboxylic acids is 2. The maximum Gasteiger partial charge on any atom is 0.253 e. The van der Waals surface area contributed by atoms with Crippen LogP contribution >= 0.6 is 0 Å². The molecule has 2 aromatic carbocycles. The lowest BCUT2D eigenvalue weighted by Crippen LogP contribution is -2.35. The molecule has 0 radical (unpaired) electrons. The van der Waals surface area contributed by atoms with E-state index >= 15 is 0 Å². The molecule has 0 bridgehead atoms. The molecule has 3 rings (SSSR count). The van der Waals surface area contributed by atoms with Crippen LogP contribution in [0, 0.1) is 0 Å². The van der Waals surface area contributed by atoms with Gasteiger partial charge in [0.2, 0.25) is 5.91 Å². The molecule has 5 nitrogen and oxygen atoms in total. The third kappa shape index (κ3) is 4.83. The Morgan fingerprint density at radius 2 is 1.60 bits per heavy atom. The maximum absolute atomic E-state index is 12.5. The minimum Gasteiger partial charge on any atom is -0.376 e. The molecule has 1 aliphatic rings. The minimum atomic E-state index is -0.147. The number of likely N-dealkylation sites (tertiary alicyclic amines) is 1. The summed E-state index contributed by atoms with van der Waals surface area (Å²) in [4.78, 5) is 26.5. The number of nitrogens with zero attached hydrogens (tertiary/aromatic N) is 1. The second-order valence-corrected chi connectivity index (χ2v) is 6.20. The summed E-state index contributed by atoms with van der Waals surface area (Å²) >= 11 is 0. The van der Waals surface area contributed by atoms with Gasteiger partial charge in [0.25, 0.3) is 5.91 Å². The van der Waals surface area contributed by atoms with Crippen LogP contribution in [0.5, 0.6) is 0 Å². The van der Waals surface area contributed by atoms with Gasteiger partial charge in [0, 0.05) is 30.0 Å². The zero-order valence-electron chi connectivity index (χ0n) is 14.2. The first kappa shape index (κ1) is 17.0. The Hall–Kier alpha value is -2.82. The standard InChI is InChI=1S/C20H23N3O2/c24-19(15-21-17-9-3-1-4-10-17)22-18-11-7-8-16(14-18)20(25)23-12-5-2-6-13-23/h1,3-4,7-11,14,21H,2,5-6,12-13,15H2,(H,22,24). The highest BCUT2D eigenvalue weighted by Gasteiger charge is 2.18. The summed E-state index contributed by atoms with van der Waals surface area (Å²) < 4.78 is 0. The van der Waals surface area contributed by atoms with Crippen LogP contribution in [0.25, 0.3) is 0 Å². The average Bonchev–Trinajstić information content (AvgIpc) is 2.67. The number of hydrogen-bond donors (Lipinski definition) is 2. The van der Waals surface area contributed by atoms with Crippen molar-refractivity contribution in [2.24, 2.45) is 0 Å². The number of nitrogens with one attached hydrogen (secondary N) is 2. The summed E-state index contributed by atoms with van der Waals surface area (Å²) in [6, 6.07) is 16.7. The highest BCUT2D eigenvalue weighted by atomic mass is 16.2. The molecular formula is C20H23N3O2. The molecule has 1 saturated heterocycles. The Morgan fingerprint density at radius 3 is 2.36 bits per heavy atom. The molecular weight excluding hydrogens is 314 g/mol. The molecule has 0 saturated carbocycles. The molecule has 5 heteroatoms. The molecule has 1 heterocycles. The summed E-state index contributed by atoms with van der Waals surface area (Å²) in [6.07, 6.45) is 3.31. The number of rotatable bonds is 5. The lowest BCUT2D eigenvalue weighted by Gasteiger charge is -2.26. The van der Waals surface area contributed by atoms with Gasteiger partial charge in [-0.15, -0.1) is 0 Å². The monoisotopic (exact) mass is 337 g/mol. The van der Waals surface area contributed by atoms with Crippen molar-refractivity contribution in [3.8, 4) is 0 Å². The van der Waals surface area contributed by atoms with Gasteiger partial charge in [-0.25, -0.2) is 0 Å². The number of hydrogen-bond acceptors (Lipinski definition) is 3. The van der Waals surface area contributed by atoms with Crippen LogP contribution in [-0.4, -0.2) is 36.3 Å². The van der Waals surface area contributed by atoms with Crippen molar-refractivity contribution in [1.82, 2.24) is 4.90 Å². The lowest BCUT2D eigenvalue weighted by molar-refractivity contribution is -0.114. The minimum absolute atomic E-state index is 0.0400. The largest absolute Gasteiger partial charge is 0.376 e. The van der Waals surface area contributed by atoms with E-state index in [4.69, 9.17) is 0 Å². The molecule has 0 atom stereocenters. The fraction of sp³-hybridized carbons (Fsp3) is 0.300. The summed E-state index contributed by atoms with van der Waals surface area (Å²) in [5.74, 6) is -0.107. The van der Waals surface area contributed by atoms with E-state index in [0.29, 0.717) is 11.3 Å². The molecule has 0 aromatic heterocycles. The van der Waals surface area contributed by atoms with E-state index in [-0.39, 0.29) is 18.4 Å². The fourth-order valence-electron chi connectivity index (χ4n) is 2.95. The molecule has 0 spiro atoms. The smallest absolute Gasteiger partial charge is 0.253 e. The molecule has 1 aliphatic heterocycles. The molecule has 0 aliphatic carbocycles. The van der Waals surface area contributed by atoms with Gasteiger partial charge >= 0.3 is 0 Å². The van der Waals surface area contributed by atoms with Gasteiger partial charge in [0.15, 0.2) is 0 Å². The van der Waals surface area contributed by atoms with Crippen LogP contribution in [-0.2, 0) is 4.79 Å². The first-order valence-electron chi connectivity index (χ1n) is 8.70. The zero-order valence-corrected chi connectivity index (χ0v) is 14.2. The van der Waals surface area contributed by atoms with Crippen LogP contribution in [0.3, 0.4) is 0 Å². The molecule has 25 heavy (non-hydrogen) atoms. The number of amides is 2. The van der Waals surface area contributed by atoms with Crippen molar-refractivity contribution in [1.29, 1.82) is 0 Å². The van der Waals surface area contributed by atoms with Crippen molar-refractivity contribution in [2.45, 2.75) is 19.3 Å². The molecule has 2 amide bonds. The van der Waals surface area contributed by atoms with Crippen molar-refractivity contribution >= 4 is 23.2 Å². The topological polar surface area (TPSA) is 61.4 Å². The number of benzene rings is 2. The zero-order chi connectivity index (χ0) is 17.5. The normalized spacial score (nSPS) is 14.0. The Balaban J connectivity index is 1.57. The van der Waals surface area contributed by atoms with Crippen LogP contribution in [0.4, 0.5) is 11.4 Å². The molecule has 1 fully saturated rings. The lowest BCUT2D eigenvalue weighted by atomic mass is 10.1. The number of piperidine rings is 1. The van der Waals surface area contributed by atoms with E-state index in [0.717, 1.165) is 31.6 Å². The second kappa shape index (κ2) is 8.33. The third-order valence-corrected chi connectivity index (χ3v) is 4.26. The predicted molar refractivity (Wildman–Crippen MR) is 99.8 cm³/mol. The van der Waals surface area contributed by atoms with Gasteiger partial charge in [-0.1, -0.05) is 24.3 Å². The molecule has 2 N–H and O–H groups in total. The van der Waals surface area contributed by atoms with E-state index in [2.05, 4.69) is 10.6 Å². The molecule has 0 unspecified atom stereocenters. The van der Waals surface area contributed by atoms with Crippen molar-refractivity contribution in [2.75, 3.05) is 30.3 Å². The van der Waals surface area contributed by atoms with Gasteiger partial charge in [-0.05, 0) is 49.6 Å². The highest BCUT2D eigenvalue weighted by molar-refractivity contribution is 5.98. The number of para-hydroxylation sites is 1. The van der Waals surface area contributed by atoms with Crippen molar-refractivity contribution < 1.29 is 9.59 Å². The van der Waals surface area contributed by atoms with Crippen LogP contribution in [0.15, 0.2) is 54.6 Å². The number of carbonyl (C=O) groups is 2. The van der Waals surface area contributed by atoms with E-state index in [1.807, 2.05) is 35.2 Å².